The molecule has 0 unspecified atom stereocenters. The highest BCUT2D eigenvalue weighted by molar-refractivity contribution is 4.86. The zero-order chi connectivity index (χ0) is 15.4. The van der Waals surface area contributed by atoms with Gasteiger partial charge >= 0.3 is 0 Å². The predicted octanol–water partition coefficient (Wildman–Crippen LogP) is 6.45. The fourth-order valence-corrected chi connectivity index (χ4v) is 4.08. The van der Waals surface area contributed by atoms with Gasteiger partial charge in [-0.2, -0.15) is 0 Å². The minimum absolute atomic E-state index is 0.520. The molecule has 0 heterocycles. The number of nitrogens with two attached hydrogens (primary N) is 1. The van der Waals surface area contributed by atoms with Crippen molar-refractivity contribution >= 4 is 0 Å². The largest absolute Gasteiger partial charge is 0.330 e. The Hall–Kier alpha value is -0.0400. The third-order valence-corrected chi connectivity index (χ3v) is 5.88. The number of unbranched alkanes of at least 4 members (excludes halogenated alkanes) is 7. The molecule has 2 N–H and O–H groups in total. The van der Waals surface area contributed by atoms with Gasteiger partial charge in [0.15, 0.2) is 0 Å². The van der Waals surface area contributed by atoms with Gasteiger partial charge in [0.1, 0.15) is 0 Å². The first-order chi connectivity index (χ1) is 10.3. The first kappa shape index (κ1) is 19.0. The quantitative estimate of drug-likeness (QED) is 0.411. The van der Waals surface area contributed by atoms with E-state index in [1.165, 1.54) is 96.3 Å². The normalized spacial score (nSPS) is 26.1. The lowest BCUT2D eigenvalue weighted by Crippen LogP contribution is -2.35. The molecule has 0 aliphatic heterocycles. The summed E-state index contributed by atoms with van der Waals surface area (Å²) < 4.78 is 0. The summed E-state index contributed by atoms with van der Waals surface area (Å²) in [6, 6.07) is 0. The maximum atomic E-state index is 6.16. The van der Waals surface area contributed by atoms with E-state index in [4.69, 9.17) is 5.73 Å². The summed E-state index contributed by atoms with van der Waals surface area (Å²) in [5.41, 5.74) is 6.68. The molecule has 0 aromatic carbocycles. The Morgan fingerprint density at radius 1 is 0.810 bits per heavy atom. The molecule has 1 heteroatoms. The van der Waals surface area contributed by atoms with Crippen molar-refractivity contribution in [1.29, 1.82) is 0 Å². The van der Waals surface area contributed by atoms with Gasteiger partial charge in [0, 0.05) is 0 Å². The average Bonchev–Trinajstić information content (AvgIpc) is 2.53. The molecule has 1 fully saturated rings. The van der Waals surface area contributed by atoms with Crippen LogP contribution in [0, 0.1) is 11.3 Å². The van der Waals surface area contributed by atoms with E-state index in [2.05, 4.69) is 13.8 Å². The van der Waals surface area contributed by atoms with Crippen LogP contribution in [0.25, 0.3) is 0 Å². The molecular formula is C20H41N. The molecule has 0 bridgehead atoms. The summed E-state index contributed by atoms with van der Waals surface area (Å²) in [7, 11) is 0. The smallest absolute Gasteiger partial charge is 0.00205 e. The number of hydrogen-bond acceptors (Lipinski definition) is 1. The maximum absolute atomic E-state index is 6.16. The summed E-state index contributed by atoms with van der Waals surface area (Å²) in [6.45, 7) is 5.54. The van der Waals surface area contributed by atoms with Crippen molar-refractivity contribution in [3.05, 3.63) is 0 Å². The zero-order valence-electron chi connectivity index (χ0n) is 15.0. The van der Waals surface area contributed by atoms with Crippen LogP contribution in [0.3, 0.4) is 0 Å². The molecule has 1 rings (SSSR count). The fourth-order valence-electron chi connectivity index (χ4n) is 4.08. The Morgan fingerprint density at radius 2 is 1.38 bits per heavy atom. The molecule has 1 saturated carbocycles. The first-order valence-corrected chi connectivity index (χ1v) is 9.96. The van der Waals surface area contributed by atoms with Gasteiger partial charge in [-0.1, -0.05) is 78.1 Å². The van der Waals surface area contributed by atoms with Crippen LogP contribution in [0.4, 0.5) is 0 Å². The molecule has 0 radical (unpaired) electrons. The van der Waals surface area contributed by atoms with E-state index in [9.17, 15) is 0 Å². The van der Waals surface area contributed by atoms with Crippen molar-refractivity contribution in [2.45, 2.75) is 110 Å². The highest BCUT2D eigenvalue weighted by Gasteiger charge is 2.33. The maximum Gasteiger partial charge on any atom is -0.00205 e. The highest BCUT2D eigenvalue weighted by Crippen LogP contribution is 2.43. The Kier molecular flexibility index (Phi) is 10.4. The molecule has 0 saturated heterocycles. The van der Waals surface area contributed by atoms with Crippen LogP contribution < -0.4 is 5.73 Å². The molecule has 0 aromatic heterocycles. The van der Waals surface area contributed by atoms with Crippen LogP contribution in [-0.4, -0.2) is 6.54 Å². The van der Waals surface area contributed by atoms with E-state index in [0.717, 1.165) is 12.5 Å². The lowest BCUT2D eigenvalue weighted by molar-refractivity contribution is 0.135. The summed E-state index contributed by atoms with van der Waals surface area (Å²) >= 11 is 0. The summed E-state index contributed by atoms with van der Waals surface area (Å²) in [5, 5.41) is 0. The molecular weight excluding hydrogens is 254 g/mol. The Labute approximate surface area is 134 Å². The second kappa shape index (κ2) is 11.5. The zero-order valence-corrected chi connectivity index (χ0v) is 15.0. The van der Waals surface area contributed by atoms with E-state index in [1.54, 1.807) is 0 Å². The summed E-state index contributed by atoms with van der Waals surface area (Å²) in [5.74, 6) is 1.01. The predicted molar refractivity (Wildman–Crippen MR) is 95.6 cm³/mol. The van der Waals surface area contributed by atoms with Crippen LogP contribution in [0.5, 0.6) is 0 Å². The van der Waals surface area contributed by atoms with Crippen molar-refractivity contribution < 1.29 is 0 Å². The van der Waals surface area contributed by atoms with Crippen LogP contribution in [0.15, 0.2) is 0 Å². The Balaban J connectivity index is 2.13. The third-order valence-electron chi connectivity index (χ3n) is 5.88. The van der Waals surface area contributed by atoms with E-state index in [-0.39, 0.29) is 0 Å². The van der Waals surface area contributed by atoms with Gasteiger partial charge in [-0.05, 0) is 50.0 Å². The SMILES string of the molecule is CCCCCCCCCC1(CN)CCC(CCCC)CC1. The summed E-state index contributed by atoms with van der Waals surface area (Å²) in [6.07, 6.45) is 21.3. The topological polar surface area (TPSA) is 26.0 Å². The van der Waals surface area contributed by atoms with Crippen molar-refractivity contribution in [1.82, 2.24) is 0 Å². The van der Waals surface area contributed by atoms with Gasteiger partial charge in [-0.25, -0.2) is 0 Å². The molecule has 21 heavy (non-hydrogen) atoms. The van der Waals surface area contributed by atoms with Crippen LogP contribution in [-0.2, 0) is 0 Å². The lowest BCUT2D eigenvalue weighted by Gasteiger charge is -2.40. The lowest BCUT2D eigenvalue weighted by atomic mass is 9.67. The monoisotopic (exact) mass is 295 g/mol. The molecule has 1 aliphatic rings. The molecule has 0 atom stereocenters. The van der Waals surface area contributed by atoms with Gasteiger partial charge in [-0.15, -0.1) is 0 Å². The summed E-state index contributed by atoms with van der Waals surface area (Å²) in [4.78, 5) is 0. The molecule has 1 aliphatic carbocycles. The van der Waals surface area contributed by atoms with Gasteiger partial charge in [0.25, 0.3) is 0 Å². The standard InChI is InChI=1S/C20H41N/c1-3-5-7-8-9-10-11-15-20(18-21)16-13-19(14-17-20)12-6-4-2/h19H,3-18,21H2,1-2H3. The third kappa shape index (κ3) is 7.68. The van der Waals surface area contributed by atoms with Gasteiger partial charge in [0.2, 0.25) is 0 Å². The van der Waals surface area contributed by atoms with Crippen LogP contribution in [0.1, 0.15) is 110 Å². The van der Waals surface area contributed by atoms with Crippen molar-refractivity contribution in [2.75, 3.05) is 6.54 Å². The number of rotatable bonds is 12. The second-order valence-corrected chi connectivity index (χ2v) is 7.66. The molecule has 0 spiro atoms. The van der Waals surface area contributed by atoms with Gasteiger partial charge in [0.05, 0.1) is 0 Å². The van der Waals surface area contributed by atoms with Crippen molar-refractivity contribution in [3.8, 4) is 0 Å². The van der Waals surface area contributed by atoms with E-state index >= 15 is 0 Å². The fraction of sp³-hybridized carbons (Fsp3) is 1.00. The van der Waals surface area contributed by atoms with E-state index in [0.29, 0.717) is 5.41 Å². The van der Waals surface area contributed by atoms with Crippen molar-refractivity contribution in [2.24, 2.45) is 17.1 Å². The Morgan fingerprint density at radius 3 is 1.95 bits per heavy atom. The minimum atomic E-state index is 0.520. The molecule has 126 valence electrons. The van der Waals surface area contributed by atoms with Gasteiger partial charge < -0.3 is 5.73 Å². The number of hydrogen-bond donors (Lipinski definition) is 1. The van der Waals surface area contributed by atoms with Crippen LogP contribution in [0.2, 0.25) is 0 Å². The molecule has 0 aromatic rings. The molecule has 1 nitrogen and oxygen atoms in total. The van der Waals surface area contributed by atoms with Crippen LogP contribution >= 0.6 is 0 Å². The Bertz CT molecular complexity index is 228. The minimum Gasteiger partial charge on any atom is -0.330 e. The first-order valence-electron chi connectivity index (χ1n) is 9.96. The highest BCUT2D eigenvalue weighted by atomic mass is 14.6. The second-order valence-electron chi connectivity index (χ2n) is 7.66. The van der Waals surface area contributed by atoms with Gasteiger partial charge in [-0.3, -0.25) is 0 Å². The van der Waals surface area contributed by atoms with E-state index < -0.39 is 0 Å². The average molecular weight is 296 g/mol. The van der Waals surface area contributed by atoms with E-state index in [1.807, 2.05) is 0 Å². The molecule has 0 amide bonds. The van der Waals surface area contributed by atoms with Crippen molar-refractivity contribution in [3.63, 3.8) is 0 Å².